The minimum Gasteiger partial charge on any atom is -0.460 e. The van der Waals surface area contributed by atoms with Gasteiger partial charge in [0.25, 0.3) is 0 Å². The SMILES string of the molecule is CC(=O)N[C@@H]1c2cc3ccccc3cc2C[C@@H]1OC(C)=O. The molecule has 0 fully saturated rings. The smallest absolute Gasteiger partial charge is 0.302 e. The van der Waals surface area contributed by atoms with Crippen molar-refractivity contribution in [3.8, 4) is 0 Å². The third-order valence-electron chi connectivity index (χ3n) is 3.81. The van der Waals surface area contributed by atoms with Crippen molar-refractivity contribution in [2.75, 3.05) is 0 Å². The average molecular weight is 283 g/mol. The van der Waals surface area contributed by atoms with Crippen molar-refractivity contribution in [1.29, 1.82) is 0 Å². The number of ether oxygens (including phenoxy) is 1. The summed E-state index contributed by atoms with van der Waals surface area (Å²) in [7, 11) is 0. The van der Waals surface area contributed by atoms with Gasteiger partial charge in [-0.25, -0.2) is 0 Å². The van der Waals surface area contributed by atoms with Crippen molar-refractivity contribution in [3.63, 3.8) is 0 Å². The Kier molecular flexibility index (Phi) is 3.37. The quantitative estimate of drug-likeness (QED) is 0.862. The van der Waals surface area contributed by atoms with Gasteiger partial charge in [0.1, 0.15) is 6.10 Å². The van der Waals surface area contributed by atoms with Crippen LogP contribution in [0.4, 0.5) is 0 Å². The van der Waals surface area contributed by atoms with Gasteiger partial charge in [0.15, 0.2) is 0 Å². The second-order valence-electron chi connectivity index (χ2n) is 5.43. The Labute approximate surface area is 123 Å². The highest BCUT2D eigenvalue weighted by atomic mass is 16.5. The minimum atomic E-state index is -0.335. The van der Waals surface area contributed by atoms with Crippen LogP contribution in [-0.2, 0) is 20.7 Å². The molecule has 0 aliphatic heterocycles. The molecule has 4 nitrogen and oxygen atoms in total. The molecule has 0 bridgehead atoms. The van der Waals surface area contributed by atoms with E-state index in [2.05, 4.69) is 23.5 Å². The number of benzene rings is 2. The van der Waals surface area contributed by atoms with Crippen LogP contribution in [0, 0.1) is 0 Å². The van der Waals surface area contributed by atoms with Crippen LogP contribution < -0.4 is 5.32 Å². The maximum Gasteiger partial charge on any atom is 0.302 e. The first-order chi connectivity index (χ1) is 10.0. The van der Waals surface area contributed by atoms with Gasteiger partial charge in [-0.15, -0.1) is 0 Å². The molecule has 1 aliphatic carbocycles. The van der Waals surface area contributed by atoms with E-state index in [0.717, 1.165) is 21.9 Å². The number of fused-ring (bicyclic) bond motifs is 2. The molecule has 21 heavy (non-hydrogen) atoms. The van der Waals surface area contributed by atoms with Crippen LogP contribution in [0.5, 0.6) is 0 Å². The Morgan fingerprint density at radius 1 is 1.14 bits per heavy atom. The van der Waals surface area contributed by atoms with E-state index in [1.54, 1.807) is 0 Å². The number of hydrogen-bond donors (Lipinski definition) is 1. The molecule has 0 spiro atoms. The monoisotopic (exact) mass is 283 g/mol. The Morgan fingerprint density at radius 3 is 2.43 bits per heavy atom. The zero-order valence-corrected chi connectivity index (χ0v) is 12.1. The van der Waals surface area contributed by atoms with E-state index in [9.17, 15) is 9.59 Å². The molecule has 0 saturated carbocycles. The van der Waals surface area contributed by atoms with Gasteiger partial charge in [-0.3, -0.25) is 9.59 Å². The van der Waals surface area contributed by atoms with Gasteiger partial charge in [0.2, 0.25) is 5.91 Å². The van der Waals surface area contributed by atoms with Crippen molar-refractivity contribution >= 4 is 22.6 Å². The van der Waals surface area contributed by atoms with Gasteiger partial charge >= 0.3 is 5.97 Å². The highest BCUT2D eigenvalue weighted by molar-refractivity contribution is 5.85. The summed E-state index contributed by atoms with van der Waals surface area (Å²) in [6.45, 7) is 2.87. The van der Waals surface area contributed by atoms with Crippen LogP contribution >= 0.6 is 0 Å². The van der Waals surface area contributed by atoms with Gasteiger partial charge in [0.05, 0.1) is 6.04 Å². The molecule has 0 unspecified atom stereocenters. The van der Waals surface area contributed by atoms with E-state index in [1.165, 1.54) is 13.8 Å². The van der Waals surface area contributed by atoms with Crippen LogP contribution in [0.25, 0.3) is 10.8 Å². The number of nitrogens with one attached hydrogen (secondary N) is 1. The van der Waals surface area contributed by atoms with E-state index in [1.807, 2.05) is 18.2 Å². The molecule has 0 radical (unpaired) electrons. The predicted octanol–water partition coefficient (Wildman–Crippen LogP) is 2.50. The lowest BCUT2D eigenvalue weighted by Gasteiger charge is -2.21. The fourth-order valence-corrected chi connectivity index (χ4v) is 3.02. The third-order valence-corrected chi connectivity index (χ3v) is 3.81. The highest BCUT2D eigenvalue weighted by Gasteiger charge is 2.35. The molecule has 2 aromatic rings. The second-order valence-corrected chi connectivity index (χ2v) is 5.43. The minimum absolute atomic E-state index is 0.127. The van der Waals surface area contributed by atoms with E-state index in [0.29, 0.717) is 6.42 Å². The molecule has 2 aromatic carbocycles. The van der Waals surface area contributed by atoms with Gasteiger partial charge < -0.3 is 10.1 Å². The molecular weight excluding hydrogens is 266 g/mol. The molecule has 0 saturated heterocycles. The number of carbonyl (C=O) groups is 2. The lowest BCUT2D eigenvalue weighted by atomic mass is 10.0. The summed E-state index contributed by atoms with van der Waals surface area (Å²) >= 11 is 0. The van der Waals surface area contributed by atoms with Crippen molar-refractivity contribution in [2.24, 2.45) is 0 Å². The topological polar surface area (TPSA) is 55.4 Å². The molecule has 108 valence electrons. The molecule has 0 aromatic heterocycles. The molecule has 1 aliphatic rings. The molecule has 4 heteroatoms. The number of hydrogen-bond acceptors (Lipinski definition) is 3. The van der Waals surface area contributed by atoms with E-state index in [4.69, 9.17) is 4.74 Å². The highest BCUT2D eigenvalue weighted by Crippen LogP contribution is 2.36. The lowest BCUT2D eigenvalue weighted by molar-refractivity contribution is -0.148. The van der Waals surface area contributed by atoms with E-state index in [-0.39, 0.29) is 24.0 Å². The Hall–Kier alpha value is -2.36. The summed E-state index contributed by atoms with van der Waals surface area (Å²) in [5.74, 6) is -0.453. The molecule has 2 atom stereocenters. The van der Waals surface area contributed by atoms with Gasteiger partial charge in [-0.2, -0.15) is 0 Å². The number of rotatable bonds is 2. The fourth-order valence-electron chi connectivity index (χ4n) is 3.02. The Morgan fingerprint density at radius 2 is 1.81 bits per heavy atom. The maximum absolute atomic E-state index is 11.5. The van der Waals surface area contributed by atoms with Gasteiger partial charge in [-0.05, 0) is 28.0 Å². The lowest BCUT2D eigenvalue weighted by Crippen LogP contribution is -2.34. The van der Waals surface area contributed by atoms with Crippen LogP contribution in [0.2, 0.25) is 0 Å². The number of esters is 1. The standard InChI is InChI=1S/C17H17NO3/c1-10(19)18-17-15-8-13-6-4-3-5-12(13)7-14(15)9-16(17)21-11(2)20/h3-8,16-17H,9H2,1-2H3,(H,18,19)/t16-,17+/m0/s1. The Bertz CT molecular complexity index is 723. The molecular formula is C17H17NO3. The predicted molar refractivity (Wildman–Crippen MR) is 79.8 cm³/mol. The van der Waals surface area contributed by atoms with Crippen LogP contribution in [-0.4, -0.2) is 18.0 Å². The van der Waals surface area contributed by atoms with Crippen LogP contribution in [0.3, 0.4) is 0 Å². The van der Waals surface area contributed by atoms with Gasteiger partial charge in [-0.1, -0.05) is 30.3 Å². The van der Waals surface area contributed by atoms with E-state index >= 15 is 0 Å². The number of amides is 1. The summed E-state index contributed by atoms with van der Waals surface area (Å²) in [6, 6.07) is 12.0. The molecule has 1 amide bonds. The second kappa shape index (κ2) is 5.20. The summed E-state index contributed by atoms with van der Waals surface area (Å²) in [4.78, 5) is 22.7. The van der Waals surface area contributed by atoms with Crippen molar-refractivity contribution < 1.29 is 14.3 Å². The zero-order chi connectivity index (χ0) is 15.0. The zero-order valence-electron chi connectivity index (χ0n) is 12.1. The van der Waals surface area contributed by atoms with Crippen molar-refractivity contribution in [3.05, 3.63) is 47.5 Å². The summed E-state index contributed by atoms with van der Waals surface area (Å²) < 4.78 is 5.38. The van der Waals surface area contributed by atoms with Crippen LogP contribution in [0.15, 0.2) is 36.4 Å². The van der Waals surface area contributed by atoms with E-state index < -0.39 is 0 Å². The van der Waals surface area contributed by atoms with Crippen molar-refractivity contribution in [1.82, 2.24) is 5.32 Å². The average Bonchev–Trinajstić information content (AvgIpc) is 2.72. The third kappa shape index (κ3) is 2.61. The van der Waals surface area contributed by atoms with Gasteiger partial charge in [0, 0.05) is 20.3 Å². The normalized spacial score (nSPS) is 20.1. The summed E-state index contributed by atoms with van der Waals surface area (Å²) in [6.07, 6.45) is 0.295. The number of carbonyl (C=O) groups excluding carboxylic acids is 2. The molecule has 1 N–H and O–H groups in total. The summed E-state index contributed by atoms with van der Waals surface area (Å²) in [5.41, 5.74) is 2.16. The Balaban J connectivity index is 2.05. The first kappa shape index (κ1) is 13.6. The molecule has 3 rings (SSSR count). The first-order valence-electron chi connectivity index (χ1n) is 7.00. The van der Waals surface area contributed by atoms with Crippen molar-refractivity contribution in [2.45, 2.75) is 32.4 Å². The maximum atomic E-state index is 11.5. The molecule has 0 heterocycles. The largest absolute Gasteiger partial charge is 0.460 e. The first-order valence-corrected chi connectivity index (χ1v) is 7.00. The fraction of sp³-hybridized carbons (Fsp3) is 0.294. The summed E-state index contributed by atoms with van der Waals surface area (Å²) in [5, 5.41) is 5.18. The van der Waals surface area contributed by atoms with Crippen LogP contribution in [0.1, 0.15) is 31.0 Å².